The van der Waals surface area contributed by atoms with E-state index < -0.39 is 0 Å². The van der Waals surface area contributed by atoms with Crippen LogP contribution in [0.4, 0.5) is 5.69 Å². The topological polar surface area (TPSA) is 55.4 Å². The Morgan fingerprint density at radius 3 is 3.07 bits per heavy atom. The summed E-state index contributed by atoms with van der Waals surface area (Å²) in [5.74, 6) is 0.375. The van der Waals surface area contributed by atoms with Crippen molar-refractivity contribution in [3.63, 3.8) is 0 Å². The number of carbonyl (C=O) groups is 2. The summed E-state index contributed by atoms with van der Waals surface area (Å²) in [6.07, 6.45) is 1.03. The lowest BCUT2D eigenvalue weighted by Gasteiger charge is -2.08. The molecule has 1 amide bonds. The van der Waals surface area contributed by atoms with E-state index in [2.05, 4.69) is 5.32 Å². The number of hydrogen-bond donors (Lipinski definition) is 1. The van der Waals surface area contributed by atoms with E-state index >= 15 is 0 Å². The van der Waals surface area contributed by atoms with Crippen molar-refractivity contribution in [2.45, 2.75) is 6.42 Å². The highest BCUT2D eigenvalue weighted by Gasteiger charge is 2.15. The second-order valence-corrected chi connectivity index (χ2v) is 2.99. The quantitative estimate of drug-likeness (QED) is 0.679. The molecule has 0 atom stereocenters. The van der Waals surface area contributed by atoms with Crippen molar-refractivity contribution in [2.75, 3.05) is 11.9 Å². The van der Waals surface area contributed by atoms with Gasteiger partial charge in [-0.3, -0.25) is 9.59 Å². The Balaban J connectivity index is 2.48. The average molecular weight is 191 g/mol. The number of hydrogen-bond acceptors (Lipinski definition) is 3. The first kappa shape index (κ1) is 8.74. The van der Waals surface area contributed by atoms with E-state index in [1.807, 2.05) is 0 Å². The minimum atomic E-state index is -0.0909. The molecule has 4 heteroatoms. The van der Waals surface area contributed by atoms with Crippen LogP contribution in [0.5, 0.6) is 5.75 Å². The van der Waals surface area contributed by atoms with E-state index in [0.29, 0.717) is 30.0 Å². The number of nitrogens with one attached hydrogen (secondary N) is 1. The Morgan fingerprint density at radius 2 is 2.29 bits per heavy atom. The van der Waals surface area contributed by atoms with Crippen LogP contribution < -0.4 is 10.1 Å². The minimum Gasteiger partial charge on any atom is -0.490 e. The fourth-order valence-electron chi connectivity index (χ4n) is 1.37. The minimum absolute atomic E-state index is 0.0909. The van der Waals surface area contributed by atoms with E-state index in [4.69, 9.17) is 4.74 Å². The molecule has 14 heavy (non-hydrogen) atoms. The van der Waals surface area contributed by atoms with E-state index in [9.17, 15) is 9.59 Å². The molecule has 0 fully saturated rings. The van der Waals surface area contributed by atoms with Crippen LogP contribution in [0, 0.1) is 0 Å². The number of benzene rings is 1. The van der Waals surface area contributed by atoms with Gasteiger partial charge in [-0.05, 0) is 12.1 Å². The van der Waals surface area contributed by atoms with Crippen LogP contribution in [0.25, 0.3) is 0 Å². The van der Waals surface area contributed by atoms with Crippen molar-refractivity contribution in [3.05, 3.63) is 23.8 Å². The number of amides is 1. The summed E-state index contributed by atoms with van der Waals surface area (Å²) in [5.41, 5.74) is 1.03. The number of para-hydroxylation sites is 1. The van der Waals surface area contributed by atoms with E-state index in [0.717, 1.165) is 6.29 Å². The van der Waals surface area contributed by atoms with Gasteiger partial charge in [0.2, 0.25) is 5.91 Å². The van der Waals surface area contributed by atoms with Gasteiger partial charge >= 0.3 is 0 Å². The van der Waals surface area contributed by atoms with Crippen molar-refractivity contribution in [1.29, 1.82) is 0 Å². The molecular weight excluding hydrogens is 182 g/mol. The summed E-state index contributed by atoms with van der Waals surface area (Å²) in [6.45, 7) is 0.309. The van der Waals surface area contributed by atoms with E-state index in [1.54, 1.807) is 18.2 Å². The first-order chi connectivity index (χ1) is 6.81. The molecule has 1 aromatic rings. The first-order valence-corrected chi connectivity index (χ1v) is 4.32. The summed E-state index contributed by atoms with van der Waals surface area (Å²) in [7, 11) is 0. The van der Waals surface area contributed by atoms with Crippen molar-refractivity contribution < 1.29 is 14.3 Å². The molecule has 2 rings (SSSR count). The van der Waals surface area contributed by atoms with Crippen LogP contribution in [0.2, 0.25) is 0 Å². The molecule has 1 aliphatic heterocycles. The normalized spacial score (nSPS) is 14.7. The monoisotopic (exact) mass is 191 g/mol. The molecule has 1 heterocycles. The van der Waals surface area contributed by atoms with Crippen LogP contribution in [0.1, 0.15) is 16.8 Å². The highest BCUT2D eigenvalue weighted by molar-refractivity contribution is 5.95. The zero-order valence-corrected chi connectivity index (χ0v) is 7.45. The number of rotatable bonds is 1. The highest BCUT2D eigenvalue weighted by atomic mass is 16.5. The van der Waals surface area contributed by atoms with Gasteiger partial charge in [0.1, 0.15) is 0 Å². The summed E-state index contributed by atoms with van der Waals surface area (Å²) in [5, 5.41) is 2.67. The Bertz CT molecular complexity index is 387. The van der Waals surface area contributed by atoms with Gasteiger partial charge in [0, 0.05) is 0 Å². The lowest BCUT2D eigenvalue weighted by molar-refractivity contribution is -0.116. The van der Waals surface area contributed by atoms with Gasteiger partial charge < -0.3 is 10.1 Å². The molecule has 0 saturated heterocycles. The van der Waals surface area contributed by atoms with Crippen LogP contribution in [-0.4, -0.2) is 18.8 Å². The van der Waals surface area contributed by atoms with Gasteiger partial charge in [-0.2, -0.15) is 0 Å². The van der Waals surface area contributed by atoms with Crippen molar-refractivity contribution in [3.8, 4) is 5.75 Å². The van der Waals surface area contributed by atoms with Gasteiger partial charge in [-0.1, -0.05) is 6.07 Å². The molecule has 1 N–H and O–H groups in total. The van der Waals surface area contributed by atoms with E-state index in [1.165, 1.54) is 0 Å². The van der Waals surface area contributed by atoms with Crippen LogP contribution in [0.3, 0.4) is 0 Å². The molecule has 0 saturated carbocycles. The summed E-state index contributed by atoms with van der Waals surface area (Å²) in [4.78, 5) is 21.8. The van der Waals surface area contributed by atoms with Gasteiger partial charge in [0.15, 0.2) is 12.0 Å². The van der Waals surface area contributed by atoms with Gasteiger partial charge in [0.25, 0.3) is 0 Å². The van der Waals surface area contributed by atoms with Crippen molar-refractivity contribution in [1.82, 2.24) is 0 Å². The molecule has 4 nitrogen and oxygen atoms in total. The molecule has 72 valence electrons. The fraction of sp³-hybridized carbons (Fsp3) is 0.200. The molecular formula is C10H9NO3. The maximum absolute atomic E-state index is 11.2. The zero-order valence-electron chi connectivity index (χ0n) is 7.45. The summed E-state index contributed by atoms with van der Waals surface area (Å²) in [6, 6.07) is 5.08. The Labute approximate surface area is 80.9 Å². The maximum Gasteiger partial charge on any atom is 0.227 e. The SMILES string of the molecule is O=Cc1cccc2c1OCCC(=O)N2. The first-order valence-electron chi connectivity index (χ1n) is 4.32. The molecule has 1 aromatic carbocycles. The molecule has 0 aliphatic carbocycles. The van der Waals surface area contributed by atoms with Crippen LogP contribution >= 0.6 is 0 Å². The predicted molar refractivity (Wildman–Crippen MR) is 50.6 cm³/mol. The third kappa shape index (κ3) is 1.46. The van der Waals surface area contributed by atoms with Crippen molar-refractivity contribution in [2.24, 2.45) is 0 Å². The summed E-state index contributed by atoms with van der Waals surface area (Å²) < 4.78 is 5.33. The third-order valence-electron chi connectivity index (χ3n) is 2.02. The van der Waals surface area contributed by atoms with Crippen LogP contribution in [0.15, 0.2) is 18.2 Å². The lowest BCUT2D eigenvalue weighted by Crippen LogP contribution is -2.10. The Morgan fingerprint density at radius 1 is 1.43 bits per heavy atom. The number of ether oxygens (including phenoxy) is 1. The summed E-state index contributed by atoms with van der Waals surface area (Å²) >= 11 is 0. The average Bonchev–Trinajstić information content (AvgIpc) is 2.37. The Kier molecular flexibility index (Phi) is 2.18. The largest absolute Gasteiger partial charge is 0.490 e. The molecule has 0 unspecified atom stereocenters. The smallest absolute Gasteiger partial charge is 0.227 e. The second-order valence-electron chi connectivity index (χ2n) is 2.99. The molecule has 1 aliphatic rings. The van der Waals surface area contributed by atoms with Crippen molar-refractivity contribution >= 4 is 17.9 Å². The van der Waals surface area contributed by atoms with Gasteiger partial charge in [0.05, 0.1) is 24.3 Å². The lowest BCUT2D eigenvalue weighted by atomic mass is 10.2. The number of anilines is 1. The zero-order chi connectivity index (χ0) is 9.97. The second kappa shape index (κ2) is 3.49. The molecule has 0 spiro atoms. The third-order valence-corrected chi connectivity index (χ3v) is 2.02. The van der Waals surface area contributed by atoms with Gasteiger partial charge in [-0.15, -0.1) is 0 Å². The van der Waals surface area contributed by atoms with Crippen LogP contribution in [-0.2, 0) is 4.79 Å². The number of carbonyl (C=O) groups excluding carboxylic acids is 2. The predicted octanol–water partition coefficient (Wildman–Crippen LogP) is 1.22. The van der Waals surface area contributed by atoms with E-state index in [-0.39, 0.29) is 5.91 Å². The number of fused-ring (bicyclic) bond motifs is 1. The highest BCUT2D eigenvalue weighted by Crippen LogP contribution is 2.29. The Hall–Kier alpha value is -1.84. The van der Waals surface area contributed by atoms with Gasteiger partial charge in [-0.25, -0.2) is 0 Å². The molecule has 0 bridgehead atoms. The standard InChI is InChI=1S/C10H9NO3/c12-6-7-2-1-3-8-10(7)14-5-4-9(13)11-8/h1-3,6H,4-5H2,(H,11,13). The molecule has 0 aromatic heterocycles. The maximum atomic E-state index is 11.2. The molecule has 0 radical (unpaired) electrons. The fourth-order valence-corrected chi connectivity index (χ4v) is 1.37. The number of aldehydes is 1.